The van der Waals surface area contributed by atoms with Gasteiger partial charge in [0, 0.05) is 16.2 Å². The summed E-state index contributed by atoms with van der Waals surface area (Å²) < 4.78 is 2.17. The van der Waals surface area contributed by atoms with Crippen molar-refractivity contribution in [1.29, 1.82) is 0 Å². The zero-order chi connectivity index (χ0) is 19.9. The summed E-state index contributed by atoms with van der Waals surface area (Å²) in [5, 5.41) is 11.4. The molecule has 6 heteroatoms. The highest BCUT2D eigenvalue weighted by Gasteiger charge is 2.24. The molecule has 0 spiro atoms. The lowest BCUT2D eigenvalue weighted by Crippen LogP contribution is -2.01. The minimum Gasteiger partial charge on any atom is -0.253 e. The van der Waals surface area contributed by atoms with Crippen molar-refractivity contribution in [3.05, 3.63) is 76.7 Å². The molecular weight excluding hydrogens is 408 g/mol. The van der Waals surface area contributed by atoms with Crippen molar-refractivity contribution >= 4 is 39.0 Å². The molecule has 3 heterocycles. The van der Waals surface area contributed by atoms with Crippen LogP contribution in [0, 0.1) is 0 Å². The minimum atomic E-state index is 0.857. The molecule has 0 unspecified atom stereocenters. The van der Waals surface area contributed by atoms with Crippen LogP contribution in [0.1, 0.15) is 28.8 Å². The largest absolute Gasteiger partial charge is 0.253 e. The Labute approximate surface area is 183 Å². The summed E-state index contributed by atoms with van der Waals surface area (Å²) in [5.41, 5.74) is 4.78. The molecule has 0 bridgehead atoms. The SMILES string of the molecule is c1ccc(CSc2nnc3c4c5c(sc4nc(-c4ccccc4)n23)CCCC5)cc1. The molecule has 4 nitrogen and oxygen atoms in total. The molecule has 0 fully saturated rings. The van der Waals surface area contributed by atoms with Gasteiger partial charge >= 0.3 is 0 Å². The summed E-state index contributed by atoms with van der Waals surface area (Å²) in [6, 6.07) is 20.9. The Morgan fingerprint density at radius 3 is 2.50 bits per heavy atom. The molecule has 0 saturated carbocycles. The van der Waals surface area contributed by atoms with Crippen LogP contribution in [0.5, 0.6) is 0 Å². The Balaban J connectivity index is 1.56. The summed E-state index contributed by atoms with van der Waals surface area (Å²) in [7, 11) is 0. The van der Waals surface area contributed by atoms with E-state index in [0.717, 1.165) is 45.6 Å². The van der Waals surface area contributed by atoms with Gasteiger partial charge in [-0.05, 0) is 36.8 Å². The lowest BCUT2D eigenvalue weighted by molar-refractivity contribution is 0.700. The zero-order valence-corrected chi connectivity index (χ0v) is 18.0. The molecule has 3 aromatic heterocycles. The van der Waals surface area contributed by atoms with E-state index in [-0.39, 0.29) is 0 Å². The van der Waals surface area contributed by atoms with Gasteiger partial charge in [0.2, 0.25) is 0 Å². The predicted molar refractivity (Wildman–Crippen MR) is 124 cm³/mol. The third kappa shape index (κ3) is 3.02. The second-order valence-corrected chi connectivity index (χ2v) is 9.63. The van der Waals surface area contributed by atoms with Gasteiger partial charge in [0.05, 0.1) is 5.39 Å². The van der Waals surface area contributed by atoms with Gasteiger partial charge in [0.15, 0.2) is 10.8 Å². The first kappa shape index (κ1) is 18.1. The fourth-order valence-electron chi connectivity index (χ4n) is 4.23. The summed E-state index contributed by atoms with van der Waals surface area (Å²) in [6.45, 7) is 0. The van der Waals surface area contributed by atoms with Gasteiger partial charge in [-0.15, -0.1) is 21.5 Å². The molecule has 0 radical (unpaired) electrons. The van der Waals surface area contributed by atoms with Crippen molar-refractivity contribution in [3.8, 4) is 11.4 Å². The summed E-state index contributed by atoms with van der Waals surface area (Å²) >= 11 is 3.56. The smallest absolute Gasteiger partial charge is 0.197 e. The summed E-state index contributed by atoms with van der Waals surface area (Å²) in [5.74, 6) is 1.78. The summed E-state index contributed by atoms with van der Waals surface area (Å²) in [6.07, 6.45) is 4.80. The molecule has 30 heavy (non-hydrogen) atoms. The molecule has 0 aliphatic heterocycles. The molecule has 0 amide bonds. The van der Waals surface area contributed by atoms with Crippen molar-refractivity contribution in [3.63, 3.8) is 0 Å². The van der Waals surface area contributed by atoms with Crippen molar-refractivity contribution < 1.29 is 0 Å². The van der Waals surface area contributed by atoms with Crippen LogP contribution < -0.4 is 0 Å². The lowest BCUT2D eigenvalue weighted by atomic mass is 9.97. The molecular formula is C24H20N4S2. The van der Waals surface area contributed by atoms with Gasteiger partial charge in [-0.25, -0.2) is 4.98 Å². The van der Waals surface area contributed by atoms with Gasteiger partial charge < -0.3 is 0 Å². The monoisotopic (exact) mass is 428 g/mol. The Morgan fingerprint density at radius 1 is 0.900 bits per heavy atom. The van der Waals surface area contributed by atoms with E-state index < -0.39 is 0 Å². The van der Waals surface area contributed by atoms with Crippen LogP contribution >= 0.6 is 23.1 Å². The molecule has 0 N–H and O–H groups in total. The van der Waals surface area contributed by atoms with E-state index in [1.807, 2.05) is 17.4 Å². The number of aryl methyl sites for hydroxylation is 2. The van der Waals surface area contributed by atoms with Gasteiger partial charge in [-0.3, -0.25) is 4.40 Å². The maximum atomic E-state index is 5.15. The second-order valence-electron chi connectivity index (χ2n) is 7.61. The van der Waals surface area contributed by atoms with Crippen LogP contribution in [-0.4, -0.2) is 19.6 Å². The third-order valence-corrected chi connectivity index (χ3v) is 7.86. The highest BCUT2D eigenvalue weighted by Crippen LogP contribution is 2.40. The van der Waals surface area contributed by atoms with Crippen molar-refractivity contribution in [2.24, 2.45) is 0 Å². The molecule has 148 valence electrons. The van der Waals surface area contributed by atoms with E-state index in [4.69, 9.17) is 4.98 Å². The number of benzene rings is 2. The predicted octanol–water partition coefficient (Wildman–Crippen LogP) is 6.18. The molecule has 0 atom stereocenters. The van der Waals surface area contributed by atoms with E-state index in [0.29, 0.717) is 0 Å². The highest BCUT2D eigenvalue weighted by molar-refractivity contribution is 7.98. The third-order valence-electron chi connectivity index (χ3n) is 5.67. The number of nitrogens with zero attached hydrogens (tertiary/aromatic N) is 4. The Morgan fingerprint density at radius 2 is 1.67 bits per heavy atom. The first-order valence-electron chi connectivity index (χ1n) is 10.3. The van der Waals surface area contributed by atoms with E-state index >= 15 is 0 Å². The van der Waals surface area contributed by atoms with Crippen LogP contribution in [0.15, 0.2) is 65.8 Å². The van der Waals surface area contributed by atoms with Crippen LogP contribution in [0.4, 0.5) is 0 Å². The standard InChI is InChI=1S/C24H20N4S2/c1-3-9-16(10-4-1)15-29-24-27-26-22-20-18-13-7-8-14-19(18)30-23(20)25-21(28(22)24)17-11-5-2-6-12-17/h1-6,9-12H,7-8,13-15H2. The van der Waals surface area contributed by atoms with Crippen molar-refractivity contribution in [2.45, 2.75) is 36.6 Å². The fourth-order valence-corrected chi connectivity index (χ4v) is 6.37. The fraction of sp³-hybridized carbons (Fsp3) is 0.208. The molecule has 0 saturated heterocycles. The topological polar surface area (TPSA) is 43.1 Å². The van der Waals surface area contributed by atoms with Crippen molar-refractivity contribution in [1.82, 2.24) is 19.6 Å². The average molecular weight is 429 g/mol. The van der Waals surface area contributed by atoms with Gasteiger partial charge in [-0.1, -0.05) is 72.4 Å². The lowest BCUT2D eigenvalue weighted by Gasteiger charge is -2.11. The van der Waals surface area contributed by atoms with Gasteiger partial charge in [0.25, 0.3) is 0 Å². The van der Waals surface area contributed by atoms with Crippen molar-refractivity contribution in [2.75, 3.05) is 0 Å². The second kappa shape index (κ2) is 7.52. The average Bonchev–Trinajstić information content (AvgIpc) is 3.39. The molecule has 2 aromatic carbocycles. The van der Waals surface area contributed by atoms with Crippen LogP contribution in [-0.2, 0) is 18.6 Å². The van der Waals surface area contributed by atoms with E-state index in [1.54, 1.807) is 11.8 Å². The Kier molecular flexibility index (Phi) is 4.54. The summed E-state index contributed by atoms with van der Waals surface area (Å²) in [4.78, 5) is 7.74. The first-order chi connectivity index (χ1) is 14.9. The van der Waals surface area contributed by atoms with Crippen LogP contribution in [0.3, 0.4) is 0 Å². The number of fused-ring (bicyclic) bond motifs is 5. The highest BCUT2D eigenvalue weighted by atomic mass is 32.2. The van der Waals surface area contributed by atoms with E-state index in [2.05, 4.69) is 69.2 Å². The normalized spacial score (nSPS) is 13.7. The quantitative estimate of drug-likeness (QED) is 0.321. The number of rotatable bonds is 4. The number of thiophene rings is 1. The van der Waals surface area contributed by atoms with Gasteiger partial charge in [-0.2, -0.15) is 0 Å². The number of thioether (sulfide) groups is 1. The Bertz CT molecular complexity index is 1340. The van der Waals surface area contributed by atoms with E-state index in [1.165, 1.54) is 34.2 Å². The minimum absolute atomic E-state index is 0.857. The van der Waals surface area contributed by atoms with E-state index in [9.17, 15) is 0 Å². The number of hydrogen-bond donors (Lipinski definition) is 0. The number of hydrogen-bond acceptors (Lipinski definition) is 5. The van der Waals surface area contributed by atoms with Crippen LogP contribution in [0.25, 0.3) is 27.3 Å². The van der Waals surface area contributed by atoms with Gasteiger partial charge in [0.1, 0.15) is 10.7 Å². The number of aromatic nitrogens is 4. The first-order valence-corrected chi connectivity index (χ1v) is 12.1. The molecule has 1 aliphatic carbocycles. The van der Waals surface area contributed by atoms with Crippen LogP contribution in [0.2, 0.25) is 0 Å². The molecule has 1 aliphatic rings. The molecule has 5 aromatic rings. The zero-order valence-electron chi connectivity index (χ0n) is 16.4. The maximum absolute atomic E-state index is 5.15. The molecule has 6 rings (SSSR count). The Hall–Kier alpha value is -2.70. The maximum Gasteiger partial charge on any atom is 0.197 e.